The zero-order valence-corrected chi connectivity index (χ0v) is 20.4. The van der Waals surface area contributed by atoms with E-state index in [4.69, 9.17) is 39.5 Å². The second kappa shape index (κ2) is 12.2. The summed E-state index contributed by atoms with van der Waals surface area (Å²) < 4.78 is 17.3. The fraction of sp³-hybridized carbons (Fsp3) is 0.440. The first kappa shape index (κ1) is 24.5. The van der Waals surface area contributed by atoms with E-state index in [9.17, 15) is 0 Å². The maximum atomic E-state index is 6.10. The first-order valence-corrected chi connectivity index (χ1v) is 11.4. The monoisotopic (exact) mass is 446 g/mol. The number of thiol groups is 2. The summed E-state index contributed by atoms with van der Waals surface area (Å²) in [6, 6.07) is 13.7. The summed E-state index contributed by atoms with van der Waals surface area (Å²) >= 11 is 9.57. The molecule has 0 aliphatic carbocycles. The highest BCUT2D eigenvalue weighted by atomic mass is 32.1. The highest BCUT2D eigenvalue weighted by molar-refractivity contribution is 7.96. The van der Waals surface area contributed by atoms with E-state index in [0.29, 0.717) is 25.0 Å². The molecule has 0 atom stereocenters. The molecule has 0 aliphatic heterocycles. The summed E-state index contributed by atoms with van der Waals surface area (Å²) in [7, 11) is 1.65. The minimum atomic E-state index is 0.581. The summed E-state index contributed by atoms with van der Waals surface area (Å²) in [6.45, 7) is 10.1. The molecule has 0 saturated heterocycles. The molecule has 5 heteroatoms. The zero-order chi connectivity index (χ0) is 22.1. The SMILES string of the molecule is COc1ccc(/C(S)=C(/S)c2cc(OCCC(C)C)ccc2OCCC(C)C)cc1. The molecule has 0 aliphatic rings. The topological polar surface area (TPSA) is 27.7 Å². The van der Waals surface area contributed by atoms with Crippen LogP contribution in [0.15, 0.2) is 42.5 Å². The van der Waals surface area contributed by atoms with E-state index in [1.54, 1.807) is 7.11 Å². The van der Waals surface area contributed by atoms with Crippen LogP contribution in [0, 0.1) is 11.8 Å². The van der Waals surface area contributed by atoms with Crippen LogP contribution in [-0.4, -0.2) is 20.3 Å². The van der Waals surface area contributed by atoms with Gasteiger partial charge in [0.2, 0.25) is 0 Å². The summed E-state index contributed by atoms with van der Waals surface area (Å²) in [5.41, 5.74) is 1.84. The maximum absolute atomic E-state index is 6.10. The highest BCUT2D eigenvalue weighted by Crippen LogP contribution is 2.39. The van der Waals surface area contributed by atoms with E-state index in [2.05, 4.69) is 27.7 Å². The summed E-state index contributed by atoms with van der Waals surface area (Å²) in [4.78, 5) is 1.52. The molecule has 0 bridgehead atoms. The third kappa shape index (κ3) is 7.51. The fourth-order valence-corrected chi connectivity index (χ4v) is 3.31. The molecule has 2 aromatic rings. The van der Waals surface area contributed by atoms with Crippen LogP contribution in [0.3, 0.4) is 0 Å². The van der Waals surface area contributed by atoms with Gasteiger partial charge in [0.1, 0.15) is 17.2 Å². The Balaban J connectivity index is 2.34. The quantitative estimate of drug-likeness (QED) is 0.282. The Kier molecular flexibility index (Phi) is 9.99. The van der Waals surface area contributed by atoms with Gasteiger partial charge < -0.3 is 14.2 Å². The van der Waals surface area contributed by atoms with Gasteiger partial charge in [0.15, 0.2) is 0 Å². The molecule has 0 heterocycles. The van der Waals surface area contributed by atoms with Crippen molar-refractivity contribution in [2.45, 2.75) is 40.5 Å². The lowest BCUT2D eigenvalue weighted by Gasteiger charge is -2.16. The minimum Gasteiger partial charge on any atom is -0.497 e. The number of ether oxygens (including phenoxy) is 3. The van der Waals surface area contributed by atoms with Crippen molar-refractivity contribution in [2.75, 3.05) is 20.3 Å². The van der Waals surface area contributed by atoms with Gasteiger partial charge in [-0.2, -0.15) is 0 Å². The van der Waals surface area contributed by atoms with Crippen molar-refractivity contribution in [3.05, 3.63) is 53.6 Å². The third-order valence-electron chi connectivity index (χ3n) is 4.71. The van der Waals surface area contributed by atoms with Crippen LogP contribution in [0.5, 0.6) is 17.2 Å². The van der Waals surface area contributed by atoms with Crippen molar-refractivity contribution in [1.82, 2.24) is 0 Å². The Hall–Kier alpha value is -1.72. The molecule has 0 spiro atoms. The standard InChI is InChI=1S/C25H34O3S2/c1-17(2)12-14-27-21-10-11-23(28-15-13-18(3)4)22(16-21)25(30)24(29)19-6-8-20(26-5)9-7-19/h6-11,16-18,29-30H,12-15H2,1-5H3/b25-24-. The van der Waals surface area contributed by atoms with Crippen molar-refractivity contribution >= 4 is 35.1 Å². The van der Waals surface area contributed by atoms with Gasteiger partial charge in [0, 0.05) is 15.4 Å². The molecule has 0 fully saturated rings. The number of rotatable bonds is 11. The van der Waals surface area contributed by atoms with E-state index in [1.165, 1.54) is 0 Å². The molecule has 2 rings (SSSR count). The molecule has 0 aromatic heterocycles. The van der Waals surface area contributed by atoms with Gasteiger partial charge in [-0.3, -0.25) is 0 Å². The lowest BCUT2D eigenvalue weighted by molar-refractivity contribution is 0.281. The highest BCUT2D eigenvalue weighted by Gasteiger charge is 2.14. The minimum absolute atomic E-state index is 0.581. The summed E-state index contributed by atoms with van der Waals surface area (Å²) in [5, 5.41) is 0. The number of benzene rings is 2. The molecule has 3 nitrogen and oxygen atoms in total. The molecular formula is C25H34O3S2. The predicted octanol–water partition coefficient (Wildman–Crippen LogP) is 7.23. The lowest BCUT2D eigenvalue weighted by atomic mass is 10.1. The smallest absolute Gasteiger partial charge is 0.127 e. The average molecular weight is 447 g/mol. The predicted molar refractivity (Wildman–Crippen MR) is 134 cm³/mol. The van der Waals surface area contributed by atoms with E-state index in [-0.39, 0.29) is 0 Å². The maximum Gasteiger partial charge on any atom is 0.127 e. The van der Waals surface area contributed by atoms with Crippen LogP contribution >= 0.6 is 25.3 Å². The Morgan fingerprint density at radius 1 is 0.767 bits per heavy atom. The van der Waals surface area contributed by atoms with Crippen molar-refractivity contribution < 1.29 is 14.2 Å². The van der Waals surface area contributed by atoms with E-state index in [0.717, 1.165) is 51.0 Å². The lowest BCUT2D eigenvalue weighted by Crippen LogP contribution is -2.04. The molecule has 164 valence electrons. The number of methoxy groups -OCH3 is 1. The van der Waals surface area contributed by atoms with Gasteiger partial charge in [-0.15, -0.1) is 25.3 Å². The number of hydrogen-bond acceptors (Lipinski definition) is 5. The Labute approximate surface area is 192 Å². The van der Waals surface area contributed by atoms with Gasteiger partial charge in [-0.1, -0.05) is 39.8 Å². The summed E-state index contributed by atoms with van der Waals surface area (Å²) in [6.07, 6.45) is 2.00. The third-order valence-corrected chi connectivity index (χ3v) is 5.83. The molecule has 2 aromatic carbocycles. The Morgan fingerprint density at radius 2 is 1.33 bits per heavy atom. The molecular weight excluding hydrogens is 412 g/mol. The zero-order valence-electron chi connectivity index (χ0n) is 18.6. The van der Waals surface area contributed by atoms with Crippen molar-refractivity contribution in [2.24, 2.45) is 11.8 Å². The Morgan fingerprint density at radius 3 is 1.90 bits per heavy atom. The van der Waals surface area contributed by atoms with Gasteiger partial charge >= 0.3 is 0 Å². The van der Waals surface area contributed by atoms with Crippen LogP contribution in [0.4, 0.5) is 0 Å². The van der Waals surface area contributed by atoms with Crippen molar-refractivity contribution in [3.8, 4) is 17.2 Å². The van der Waals surface area contributed by atoms with Gasteiger partial charge in [-0.05, 0) is 60.6 Å². The van der Waals surface area contributed by atoms with Gasteiger partial charge in [0.05, 0.1) is 20.3 Å². The van der Waals surface area contributed by atoms with Crippen LogP contribution in [-0.2, 0) is 0 Å². The molecule has 0 saturated carbocycles. The van der Waals surface area contributed by atoms with Crippen LogP contribution in [0.25, 0.3) is 9.81 Å². The van der Waals surface area contributed by atoms with Crippen LogP contribution in [0.1, 0.15) is 51.7 Å². The largest absolute Gasteiger partial charge is 0.497 e. The summed E-state index contributed by atoms with van der Waals surface area (Å²) in [5.74, 6) is 3.58. The molecule has 0 amide bonds. The average Bonchev–Trinajstić information content (AvgIpc) is 2.73. The first-order chi connectivity index (χ1) is 14.3. The van der Waals surface area contributed by atoms with E-state index in [1.807, 2.05) is 42.5 Å². The van der Waals surface area contributed by atoms with E-state index >= 15 is 0 Å². The second-order valence-electron chi connectivity index (χ2n) is 8.15. The molecule has 30 heavy (non-hydrogen) atoms. The van der Waals surface area contributed by atoms with Crippen LogP contribution in [0.2, 0.25) is 0 Å². The second-order valence-corrected chi connectivity index (χ2v) is 9.04. The Bertz CT molecular complexity index is 827. The first-order valence-electron chi connectivity index (χ1n) is 10.5. The fourth-order valence-electron chi connectivity index (χ4n) is 2.74. The normalized spacial score (nSPS) is 12.2. The van der Waals surface area contributed by atoms with Crippen molar-refractivity contribution in [1.29, 1.82) is 0 Å². The van der Waals surface area contributed by atoms with Gasteiger partial charge in [0.25, 0.3) is 0 Å². The van der Waals surface area contributed by atoms with Crippen molar-refractivity contribution in [3.63, 3.8) is 0 Å². The molecule has 0 N–H and O–H groups in total. The molecule has 0 unspecified atom stereocenters. The van der Waals surface area contributed by atoms with Crippen LogP contribution < -0.4 is 14.2 Å². The van der Waals surface area contributed by atoms with Gasteiger partial charge in [-0.25, -0.2) is 0 Å². The van der Waals surface area contributed by atoms with E-state index < -0.39 is 0 Å². The number of hydrogen-bond donors (Lipinski definition) is 2. The molecule has 0 radical (unpaired) electrons.